The summed E-state index contributed by atoms with van der Waals surface area (Å²) < 4.78 is 0. The van der Waals surface area contributed by atoms with Crippen LogP contribution in [-0.4, -0.2) is 36.2 Å². The van der Waals surface area contributed by atoms with Gasteiger partial charge in [0.05, 0.1) is 0 Å². The second-order valence-corrected chi connectivity index (χ2v) is 4.78. The molecule has 4 heteroatoms. The lowest BCUT2D eigenvalue weighted by atomic mass is 10.1. The fourth-order valence-electron chi connectivity index (χ4n) is 1.50. The molecule has 0 radical (unpaired) electrons. The smallest absolute Gasteiger partial charge is 0.251 e. The Morgan fingerprint density at radius 1 is 1.44 bits per heavy atom. The first-order valence-corrected chi connectivity index (χ1v) is 7.05. The summed E-state index contributed by atoms with van der Waals surface area (Å²) in [5, 5.41) is 11.5. The molecule has 1 amide bonds. The number of hydrogen-bond donors (Lipinski definition) is 2. The van der Waals surface area contributed by atoms with Gasteiger partial charge in [0, 0.05) is 23.4 Å². The van der Waals surface area contributed by atoms with E-state index in [1.54, 1.807) is 17.8 Å². The van der Waals surface area contributed by atoms with Crippen LogP contribution in [0.5, 0.6) is 0 Å². The third kappa shape index (κ3) is 4.82. The van der Waals surface area contributed by atoms with E-state index in [1.165, 1.54) is 0 Å². The van der Waals surface area contributed by atoms with Gasteiger partial charge in [-0.05, 0) is 36.9 Å². The molecule has 0 saturated heterocycles. The van der Waals surface area contributed by atoms with Gasteiger partial charge in [-0.15, -0.1) is 0 Å². The van der Waals surface area contributed by atoms with Crippen molar-refractivity contribution < 1.29 is 9.90 Å². The van der Waals surface area contributed by atoms with Gasteiger partial charge in [-0.2, -0.15) is 11.8 Å². The Morgan fingerprint density at radius 3 is 2.89 bits per heavy atom. The van der Waals surface area contributed by atoms with Gasteiger partial charge in [0.25, 0.3) is 5.91 Å². The number of carbonyl (C=O) groups is 1. The fraction of sp³-hybridized carbons (Fsp3) is 0.357. The van der Waals surface area contributed by atoms with E-state index in [1.807, 2.05) is 25.3 Å². The van der Waals surface area contributed by atoms with Crippen molar-refractivity contribution in [3.8, 4) is 11.8 Å². The van der Waals surface area contributed by atoms with Gasteiger partial charge in [-0.25, -0.2) is 0 Å². The summed E-state index contributed by atoms with van der Waals surface area (Å²) >= 11 is 1.69. The zero-order valence-corrected chi connectivity index (χ0v) is 11.4. The highest BCUT2D eigenvalue weighted by molar-refractivity contribution is 7.98. The number of aliphatic hydroxyl groups excluding tert-OH is 1. The predicted molar refractivity (Wildman–Crippen MR) is 75.9 cm³/mol. The largest absolute Gasteiger partial charge is 0.384 e. The minimum Gasteiger partial charge on any atom is -0.384 e. The third-order valence-electron chi connectivity index (χ3n) is 2.24. The lowest BCUT2D eigenvalue weighted by Gasteiger charge is -2.06. The van der Waals surface area contributed by atoms with Crippen LogP contribution in [0.25, 0.3) is 0 Å². The normalized spacial score (nSPS) is 9.50. The van der Waals surface area contributed by atoms with Gasteiger partial charge >= 0.3 is 0 Å². The zero-order valence-electron chi connectivity index (χ0n) is 10.6. The van der Waals surface area contributed by atoms with E-state index >= 15 is 0 Å². The Balaban J connectivity index is 2.81. The summed E-state index contributed by atoms with van der Waals surface area (Å²) in [6, 6.07) is 5.46. The van der Waals surface area contributed by atoms with Crippen LogP contribution in [0.2, 0.25) is 0 Å². The molecule has 18 heavy (non-hydrogen) atoms. The molecule has 0 aliphatic heterocycles. The van der Waals surface area contributed by atoms with Crippen LogP contribution >= 0.6 is 11.8 Å². The van der Waals surface area contributed by atoms with E-state index in [4.69, 9.17) is 5.11 Å². The second kappa shape index (κ2) is 7.80. The van der Waals surface area contributed by atoms with Crippen LogP contribution in [0.4, 0.5) is 0 Å². The van der Waals surface area contributed by atoms with Crippen molar-refractivity contribution in [3.05, 3.63) is 34.9 Å². The minimum atomic E-state index is -0.177. The molecule has 0 atom stereocenters. The van der Waals surface area contributed by atoms with Gasteiger partial charge in [-0.1, -0.05) is 11.8 Å². The van der Waals surface area contributed by atoms with Crippen molar-refractivity contribution in [2.45, 2.75) is 6.92 Å². The Morgan fingerprint density at radius 2 is 2.22 bits per heavy atom. The van der Waals surface area contributed by atoms with Crippen LogP contribution < -0.4 is 5.32 Å². The van der Waals surface area contributed by atoms with Crippen LogP contribution in [0.1, 0.15) is 21.5 Å². The number of carbonyl (C=O) groups excluding carboxylic acids is 1. The summed E-state index contributed by atoms with van der Waals surface area (Å²) in [5.41, 5.74) is 2.34. The van der Waals surface area contributed by atoms with Crippen LogP contribution in [-0.2, 0) is 0 Å². The Bertz CT molecular complexity index is 474. The molecule has 96 valence electrons. The van der Waals surface area contributed by atoms with E-state index in [2.05, 4.69) is 17.2 Å². The van der Waals surface area contributed by atoms with E-state index in [0.717, 1.165) is 16.9 Å². The number of rotatable bonds is 4. The third-order valence-corrected chi connectivity index (χ3v) is 2.86. The van der Waals surface area contributed by atoms with Crippen molar-refractivity contribution in [2.75, 3.05) is 25.2 Å². The van der Waals surface area contributed by atoms with Crippen LogP contribution in [0.15, 0.2) is 18.2 Å². The molecule has 0 spiro atoms. The average molecular weight is 263 g/mol. The topological polar surface area (TPSA) is 49.3 Å². The van der Waals surface area contributed by atoms with Gasteiger partial charge in [-0.3, -0.25) is 4.79 Å². The molecule has 0 fully saturated rings. The van der Waals surface area contributed by atoms with Crippen molar-refractivity contribution in [1.29, 1.82) is 0 Å². The molecule has 1 aromatic carbocycles. The molecule has 0 unspecified atom stereocenters. The Labute approximate surface area is 112 Å². The van der Waals surface area contributed by atoms with E-state index in [9.17, 15) is 4.79 Å². The molecular formula is C14H17NO2S. The summed E-state index contributed by atoms with van der Waals surface area (Å²) in [7, 11) is 0. The van der Waals surface area contributed by atoms with Crippen LogP contribution in [0, 0.1) is 18.8 Å². The Hall–Kier alpha value is -1.44. The first-order valence-electron chi connectivity index (χ1n) is 5.66. The lowest BCUT2D eigenvalue weighted by molar-refractivity contribution is 0.0956. The van der Waals surface area contributed by atoms with Crippen molar-refractivity contribution in [3.63, 3.8) is 0 Å². The van der Waals surface area contributed by atoms with Gasteiger partial charge in [0.2, 0.25) is 0 Å². The summed E-state index contributed by atoms with van der Waals surface area (Å²) in [5.74, 6) is 6.21. The molecule has 1 rings (SSSR count). The summed E-state index contributed by atoms with van der Waals surface area (Å²) in [6.07, 6.45) is 2.00. The molecule has 1 aromatic rings. The highest BCUT2D eigenvalue weighted by Gasteiger charge is 2.06. The van der Waals surface area contributed by atoms with E-state index in [-0.39, 0.29) is 12.5 Å². The lowest BCUT2D eigenvalue weighted by Crippen LogP contribution is -2.25. The number of hydrogen-bond acceptors (Lipinski definition) is 3. The molecule has 0 aliphatic rings. The second-order valence-electron chi connectivity index (χ2n) is 3.80. The maximum atomic E-state index is 11.9. The first kappa shape index (κ1) is 14.6. The number of aliphatic hydroxyl groups is 1. The molecular weight excluding hydrogens is 246 g/mol. The molecule has 3 nitrogen and oxygen atoms in total. The standard InChI is InChI=1S/C14H17NO2S/c1-11-8-12(4-3-6-16)10-13(9-11)14(17)15-5-7-18-2/h8-10,16H,5-7H2,1-2H3,(H,15,17). The quantitative estimate of drug-likeness (QED) is 0.638. The Kier molecular flexibility index (Phi) is 6.34. The predicted octanol–water partition coefficient (Wildman–Crippen LogP) is 1.43. The highest BCUT2D eigenvalue weighted by atomic mass is 32.2. The molecule has 0 aliphatic carbocycles. The van der Waals surface area contributed by atoms with Crippen LogP contribution in [0.3, 0.4) is 0 Å². The van der Waals surface area contributed by atoms with Gasteiger partial charge in [0.15, 0.2) is 0 Å². The van der Waals surface area contributed by atoms with Crippen molar-refractivity contribution in [2.24, 2.45) is 0 Å². The monoisotopic (exact) mass is 263 g/mol. The number of nitrogens with one attached hydrogen (secondary N) is 1. The molecule has 0 bridgehead atoms. The summed E-state index contributed by atoms with van der Waals surface area (Å²) in [6.45, 7) is 2.40. The molecule has 0 heterocycles. The highest BCUT2D eigenvalue weighted by Crippen LogP contribution is 2.09. The maximum absolute atomic E-state index is 11.9. The van der Waals surface area contributed by atoms with Gasteiger partial charge in [0.1, 0.15) is 6.61 Å². The van der Waals surface area contributed by atoms with E-state index in [0.29, 0.717) is 12.1 Å². The fourth-order valence-corrected chi connectivity index (χ4v) is 1.80. The number of benzene rings is 1. The van der Waals surface area contributed by atoms with E-state index < -0.39 is 0 Å². The zero-order chi connectivity index (χ0) is 13.4. The molecule has 0 saturated carbocycles. The molecule has 0 aromatic heterocycles. The minimum absolute atomic E-state index is 0.0835. The SMILES string of the molecule is CSCCNC(=O)c1cc(C)cc(C#CCO)c1. The van der Waals surface area contributed by atoms with Crippen molar-refractivity contribution in [1.82, 2.24) is 5.32 Å². The average Bonchev–Trinajstić information content (AvgIpc) is 2.36. The molecule has 2 N–H and O–H groups in total. The number of aryl methyl sites for hydroxylation is 1. The number of thioether (sulfide) groups is 1. The maximum Gasteiger partial charge on any atom is 0.251 e. The first-order chi connectivity index (χ1) is 8.67. The van der Waals surface area contributed by atoms with Gasteiger partial charge < -0.3 is 10.4 Å². The number of amides is 1. The summed E-state index contributed by atoms with van der Waals surface area (Å²) in [4.78, 5) is 11.9. The van der Waals surface area contributed by atoms with Crippen molar-refractivity contribution >= 4 is 17.7 Å².